The van der Waals surface area contributed by atoms with E-state index in [1.54, 1.807) is 0 Å². The molecule has 17 heavy (non-hydrogen) atoms. The topological polar surface area (TPSA) is 82.2 Å². The fraction of sp³-hybridized carbons (Fsp3) is 0.273. The van der Waals surface area contributed by atoms with Crippen molar-refractivity contribution in [3.63, 3.8) is 0 Å². The largest absolute Gasteiger partial charge is 0.370 e. The summed E-state index contributed by atoms with van der Waals surface area (Å²) in [6.07, 6.45) is 0.659. The maximum Gasteiger partial charge on any atom is 0.249 e. The van der Waals surface area contributed by atoms with Gasteiger partial charge in [-0.3, -0.25) is 15.5 Å². The van der Waals surface area contributed by atoms with Crippen LogP contribution in [0.3, 0.4) is 0 Å². The molecule has 1 aliphatic rings. The minimum Gasteiger partial charge on any atom is -0.370 e. The lowest BCUT2D eigenvalue weighted by Gasteiger charge is -2.21. The van der Waals surface area contributed by atoms with Gasteiger partial charge >= 0.3 is 0 Å². The zero-order valence-electron chi connectivity index (χ0n) is 9.43. The summed E-state index contributed by atoms with van der Waals surface area (Å²) in [6.45, 7) is 0. The van der Waals surface area contributed by atoms with E-state index >= 15 is 0 Å². The van der Waals surface area contributed by atoms with E-state index in [4.69, 9.17) is 11.1 Å². The van der Waals surface area contributed by atoms with Crippen LogP contribution in [0.25, 0.3) is 0 Å². The Labute approximate surface area is 106 Å². The van der Waals surface area contributed by atoms with Crippen molar-refractivity contribution in [1.82, 2.24) is 5.32 Å². The van der Waals surface area contributed by atoms with E-state index < -0.39 is 0 Å². The Bertz CT molecular complexity index is 449. The van der Waals surface area contributed by atoms with Gasteiger partial charge in [0.05, 0.1) is 0 Å². The maximum atomic E-state index is 11.8. The SMILES string of the molecule is CN1c2ccccc2CC1C(=O)NC(=N)N.Cl. The number of anilines is 1. The third-order valence-electron chi connectivity index (χ3n) is 2.81. The van der Waals surface area contributed by atoms with Gasteiger partial charge in [-0.2, -0.15) is 0 Å². The van der Waals surface area contributed by atoms with Crippen molar-refractivity contribution >= 4 is 30.0 Å². The Hall–Kier alpha value is -1.75. The van der Waals surface area contributed by atoms with Crippen LogP contribution >= 0.6 is 12.4 Å². The van der Waals surface area contributed by atoms with Crippen LogP contribution in [-0.4, -0.2) is 25.0 Å². The second-order valence-corrected chi connectivity index (χ2v) is 3.86. The van der Waals surface area contributed by atoms with Gasteiger partial charge in [0.25, 0.3) is 0 Å². The molecule has 0 fully saturated rings. The molecule has 0 radical (unpaired) electrons. The summed E-state index contributed by atoms with van der Waals surface area (Å²) in [5.74, 6) is -0.541. The molecule has 0 bridgehead atoms. The summed E-state index contributed by atoms with van der Waals surface area (Å²) in [5, 5.41) is 9.37. The number of hydrogen-bond donors (Lipinski definition) is 3. The zero-order valence-corrected chi connectivity index (χ0v) is 10.3. The number of para-hydroxylation sites is 1. The molecule has 1 aromatic carbocycles. The van der Waals surface area contributed by atoms with Crippen LogP contribution in [0.5, 0.6) is 0 Å². The van der Waals surface area contributed by atoms with Crippen molar-refractivity contribution in [3.05, 3.63) is 29.8 Å². The molecule has 6 heteroatoms. The number of guanidine groups is 1. The van der Waals surface area contributed by atoms with Crippen LogP contribution in [0.1, 0.15) is 5.56 Å². The van der Waals surface area contributed by atoms with E-state index in [1.165, 1.54) is 0 Å². The van der Waals surface area contributed by atoms with Crippen LogP contribution in [0.4, 0.5) is 5.69 Å². The molecule has 1 aromatic rings. The number of likely N-dealkylation sites (N-methyl/N-ethyl adjacent to an activating group) is 1. The molecule has 1 aliphatic heterocycles. The normalized spacial score (nSPS) is 17.0. The first-order valence-corrected chi connectivity index (χ1v) is 5.05. The standard InChI is InChI=1S/C11H14N4O.ClH/c1-15-8-5-3-2-4-7(8)6-9(15)10(16)14-11(12)13;/h2-5,9H,6H2,1H3,(H4,12,13,14,16);1H. The van der Waals surface area contributed by atoms with Crippen molar-refractivity contribution in [2.75, 3.05) is 11.9 Å². The van der Waals surface area contributed by atoms with Crippen LogP contribution < -0.4 is 16.0 Å². The number of carbonyl (C=O) groups excluding carboxylic acids is 1. The molecule has 0 aliphatic carbocycles. The lowest BCUT2D eigenvalue weighted by molar-refractivity contribution is -0.120. The van der Waals surface area contributed by atoms with Gasteiger partial charge in [0.2, 0.25) is 5.91 Å². The van der Waals surface area contributed by atoms with Crippen molar-refractivity contribution in [2.24, 2.45) is 5.73 Å². The van der Waals surface area contributed by atoms with Crippen molar-refractivity contribution in [2.45, 2.75) is 12.5 Å². The average molecular weight is 255 g/mol. The molecule has 1 heterocycles. The number of amides is 1. The predicted octanol–water partition coefficient (Wildman–Crippen LogP) is 0.479. The molecule has 92 valence electrons. The number of hydrogen-bond acceptors (Lipinski definition) is 3. The Balaban J connectivity index is 0.00000144. The van der Waals surface area contributed by atoms with Crippen molar-refractivity contribution < 1.29 is 4.79 Å². The molecule has 4 N–H and O–H groups in total. The van der Waals surface area contributed by atoms with E-state index in [1.807, 2.05) is 36.2 Å². The summed E-state index contributed by atoms with van der Waals surface area (Å²) >= 11 is 0. The highest BCUT2D eigenvalue weighted by molar-refractivity contribution is 5.99. The molecule has 5 nitrogen and oxygen atoms in total. The maximum absolute atomic E-state index is 11.8. The van der Waals surface area contributed by atoms with Gasteiger partial charge in [0, 0.05) is 19.2 Å². The van der Waals surface area contributed by atoms with Gasteiger partial charge in [0.15, 0.2) is 5.96 Å². The smallest absolute Gasteiger partial charge is 0.249 e. The first kappa shape index (κ1) is 13.3. The summed E-state index contributed by atoms with van der Waals surface area (Å²) < 4.78 is 0. The number of halogens is 1. The molecule has 0 spiro atoms. The van der Waals surface area contributed by atoms with E-state index in [-0.39, 0.29) is 30.3 Å². The van der Waals surface area contributed by atoms with Gasteiger partial charge < -0.3 is 10.6 Å². The number of carbonyl (C=O) groups is 1. The highest BCUT2D eigenvalue weighted by atomic mass is 35.5. The molecule has 2 rings (SSSR count). The van der Waals surface area contributed by atoms with Crippen molar-refractivity contribution in [3.8, 4) is 0 Å². The van der Waals surface area contributed by atoms with Crippen LogP contribution in [0.2, 0.25) is 0 Å². The summed E-state index contributed by atoms with van der Waals surface area (Å²) in [7, 11) is 1.87. The van der Waals surface area contributed by atoms with Gasteiger partial charge in [-0.05, 0) is 11.6 Å². The molecule has 0 saturated heterocycles. The van der Waals surface area contributed by atoms with Crippen LogP contribution in [0.15, 0.2) is 24.3 Å². The van der Waals surface area contributed by atoms with Gasteiger partial charge in [-0.1, -0.05) is 18.2 Å². The third-order valence-corrected chi connectivity index (χ3v) is 2.81. The number of nitrogens with zero attached hydrogens (tertiary/aromatic N) is 1. The van der Waals surface area contributed by atoms with Crippen LogP contribution in [0, 0.1) is 5.41 Å². The number of nitrogens with two attached hydrogens (primary N) is 1. The Morgan fingerprint density at radius 1 is 1.53 bits per heavy atom. The summed E-state index contributed by atoms with van der Waals surface area (Å²) in [6, 6.07) is 7.61. The highest BCUT2D eigenvalue weighted by Gasteiger charge is 2.31. The number of fused-ring (bicyclic) bond motifs is 1. The molecule has 1 atom stereocenters. The van der Waals surface area contributed by atoms with E-state index in [0.717, 1.165) is 11.3 Å². The molecule has 0 saturated carbocycles. The van der Waals surface area contributed by atoms with E-state index in [2.05, 4.69) is 5.32 Å². The van der Waals surface area contributed by atoms with E-state index in [0.29, 0.717) is 6.42 Å². The van der Waals surface area contributed by atoms with E-state index in [9.17, 15) is 4.79 Å². The zero-order chi connectivity index (χ0) is 11.7. The first-order chi connectivity index (χ1) is 7.59. The average Bonchev–Trinajstić information content (AvgIpc) is 2.56. The Kier molecular flexibility index (Phi) is 3.96. The van der Waals surface area contributed by atoms with Gasteiger partial charge in [0.1, 0.15) is 6.04 Å². The monoisotopic (exact) mass is 254 g/mol. The molecular weight excluding hydrogens is 240 g/mol. The fourth-order valence-corrected chi connectivity index (χ4v) is 2.03. The molecule has 1 unspecified atom stereocenters. The third kappa shape index (κ3) is 2.50. The lowest BCUT2D eigenvalue weighted by atomic mass is 10.1. The number of benzene rings is 1. The Morgan fingerprint density at radius 3 is 2.76 bits per heavy atom. The highest BCUT2D eigenvalue weighted by Crippen LogP contribution is 2.30. The minimum absolute atomic E-state index is 0. The van der Waals surface area contributed by atoms with Crippen LogP contribution in [-0.2, 0) is 11.2 Å². The quantitative estimate of drug-likeness (QED) is 0.504. The fourth-order valence-electron chi connectivity index (χ4n) is 2.03. The summed E-state index contributed by atoms with van der Waals surface area (Å²) in [5.41, 5.74) is 7.35. The summed E-state index contributed by atoms with van der Waals surface area (Å²) in [4.78, 5) is 13.7. The van der Waals surface area contributed by atoms with Gasteiger partial charge in [-0.15, -0.1) is 12.4 Å². The minimum atomic E-state index is -0.311. The second-order valence-electron chi connectivity index (χ2n) is 3.86. The predicted molar refractivity (Wildman–Crippen MR) is 69.6 cm³/mol. The number of rotatable bonds is 1. The molecule has 0 aromatic heterocycles. The number of nitrogens with one attached hydrogen (secondary N) is 2. The molecule has 1 amide bonds. The first-order valence-electron chi connectivity index (χ1n) is 5.05. The molecular formula is C11H15ClN4O. The van der Waals surface area contributed by atoms with Gasteiger partial charge in [-0.25, -0.2) is 0 Å². The Morgan fingerprint density at radius 2 is 2.18 bits per heavy atom. The van der Waals surface area contributed by atoms with Crippen molar-refractivity contribution in [1.29, 1.82) is 5.41 Å². The second kappa shape index (κ2) is 5.05. The lowest BCUT2D eigenvalue weighted by Crippen LogP contribution is -2.47.